The van der Waals surface area contributed by atoms with E-state index in [9.17, 15) is 14.7 Å². The highest BCUT2D eigenvalue weighted by atomic mass is 16.4. The number of urea groups is 1. The Hall–Kier alpha value is -1.30. The van der Waals surface area contributed by atoms with Crippen LogP contribution in [0.3, 0.4) is 0 Å². The van der Waals surface area contributed by atoms with Crippen molar-refractivity contribution in [2.75, 3.05) is 13.1 Å². The van der Waals surface area contributed by atoms with Crippen molar-refractivity contribution in [3.63, 3.8) is 0 Å². The molecule has 0 bridgehead atoms. The summed E-state index contributed by atoms with van der Waals surface area (Å²) < 4.78 is 0. The molecule has 2 atom stereocenters. The molecule has 1 rings (SSSR count). The van der Waals surface area contributed by atoms with Crippen molar-refractivity contribution in [1.29, 1.82) is 0 Å². The first-order valence-corrected chi connectivity index (χ1v) is 6.03. The van der Waals surface area contributed by atoms with E-state index < -0.39 is 29.1 Å². The molecule has 0 aromatic rings. The second kappa shape index (κ2) is 4.76. The molecule has 3 N–H and O–H groups in total. The van der Waals surface area contributed by atoms with E-state index in [2.05, 4.69) is 5.32 Å². The molecule has 0 spiro atoms. The average Bonchev–Trinajstić information content (AvgIpc) is 2.52. The molecule has 6 heteroatoms. The Kier molecular flexibility index (Phi) is 3.90. The molecule has 1 saturated heterocycles. The highest BCUT2D eigenvalue weighted by Crippen LogP contribution is 2.22. The summed E-state index contributed by atoms with van der Waals surface area (Å²) in [5.41, 5.74) is -1.44. The number of β-amino-alcohol motifs (C(OH)–C–C–N with tert-alkyl or cyclic N) is 1. The lowest BCUT2D eigenvalue weighted by Gasteiger charge is -2.30. The summed E-state index contributed by atoms with van der Waals surface area (Å²) in [7, 11) is 0. The van der Waals surface area contributed by atoms with E-state index in [1.54, 1.807) is 27.7 Å². The van der Waals surface area contributed by atoms with Crippen molar-refractivity contribution in [3.8, 4) is 0 Å². The standard InChI is InChI=1S/C12H22N2O4/c1-11(2,3)8(9(15)16)13-10(17)14-6-5-12(4,18)7-14/h8,18H,5-7H2,1-4H3,(H,13,17)(H,15,16). The third kappa shape index (κ3) is 3.60. The number of carbonyl (C=O) groups excluding carboxylic acids is 1. The van der Waals surface area contributed by atoms with Crippen LogP contribution in [0.2, 0.25) is 0 Å². The van der Waals surface area contributed by atoms with Gasteiger partial charge in [-0.2, -0.15) is 0 Å². The molecule has 0 aromatic carbocycles. The number of amides is 2. The van der Waals surface area contributed by atoms with E-state index in [-0.39, 0.29) is 6.54 Å². The third-order valence-electron chi connectivity index (χ3n) is 3.12. The topological polar surface area (TPSA) is 89.9 Å². The van der Waals surface area contributed by atoms with Crippen LogP contribution in [0.4, 0.5) is 4.79 Å². The zero-order valence-corrected chi connectivity index (χ0v) is 11.4. The van der Waals surface area contributed by atoms with Gasteiger partial charge in [-0.25, -0.2) is 9.59 Å². The first kappa shape index (κ1) is 14.8. The highest BCUT2D eigenvalue weighted by molar-refractivity contribution is 5.83. The summed E-state index contributed by atoms with van der Waals surface area (Å²) in [5.74, 6) is -1.05. The maximum atomic E-state index is 11.9. The fourth-order valence-corrected chi connectivity index (χ4v) is 1.98. The molecule has 0 radical (unpaired) electrons. The lowest BCUT2D eigenvalue weighted by molar-refractivity contribution is -0.142. The fraction of sp³-hybridized carbons (Fsp3) is 0.833. The normalized spacial score (nSPS) is 25.9. The second-order valence-corrected chi connectivity index (χ2v) is 6.26. The minimum absolute atomic E-state index is 0.231. The van der Waals surface area contributed by atoms with E-state index >= 15 is 0 Å². The number of nitrogens with zero attached hydrogens (tertiary/aromatic N) is 1. The Morgan fingerprint density at radius 3 is 2.28 bits per heavy atom. The summed E-state index contributed by atoms with van der Waals surface area (Å²) in [6, 6.07) is -1.38. The van der Waals surface area contributed by atoms with E-state index in [1.165, 1.54) is 4.90 Å². The molecule has 0 aromatic heterocycles. The number of hydrogen-bond donors (Lipinski definition) is 3. The number of carboxylic acid groups (broad SMARTS) is 1. The maximum Gasteiger partial charge on any atom is 0.326 e. The Morgan fingerprint density at radius 2 is 1.94 bits per heavy atom. The Balaban J connectivity index is 2.66. The smallest absolute Gasteiger partial charge is 0.326 e. The van der Waals surface area contributed by atoms with Crippen molar-refractivity contribution >= 4 is 12.0 Å². The van der Waals surface area contributed by atoms with Gasteiger partial charge in [0.2, 0.25) is 0 Å². The summed E-state index contributed by atoms with van der Waals surface area (Å²) >= 11 is 0. The summed E-state index contributed by atoms with van der Waals surface area (Å²) in [5, 5.41) is 21.4. The quantitative estimate of drug-likeness (QED) is 0.678. The van der Waals surface area contributed by atoms with Gasteiger partial charge >= 0.3 is 12.0 Å². The van der Waals surface area contributed by atoms with E-state index in [4.69, 9.17) is 5.11 Å². The molecule has 1 aliphatic heterocycles. The Morgan fingerprint density at radius 1 is 1.39 bits per heavy atom. The maximum absolute atomic E-state index is 11.9. The van der Waals surface area contributed by atoms with Crippen molar-refractivity contribution < 1.29 is 19.8 Å². The number of carbonyl (C=O) groups is 2. The van der Waals surface area contributed by atoms with Crippen molar-refractivity contribution in [3.05, 3.63) is 0 Å². The largest absolute Gasteiger partial charge is 0.480 e. The molecule has 1 aliphatic rings. The highest BCUT2D eigenvalue weighted by Gasteiger charge is 2.38. The number of rotatable bonds is 2. The van der Waals surface area contributed by atoms with Crippen LogP contribution in [-0.2, 0) is 4.79 Å². The third-order valence-corrected chi connectivity index (χ3v) is 3.12. The van der Waals surface area contributed by atoms with Crippen LogP contribution in [0.1, 0.15) is 34.1 Å². The van der Waals surface area contributed by atoms with Gasteiger partial charge in [-0.15, -0.1) is 0 Å². The second-order valence-electron chi connectivity index (χ2n) is 6.26. The zero-order chi connectivity index (χ0) is 14.1. The Labute approximate surface area is 107 Å². The van der Waals surface area contributed by atoms with Crippen LogP contribution >= 0.6 is 0 Å². The van der Waals surface area contributed by atoms with Crippen LogP contribution in [0.5, 0.6) is 0 Å². The monoisotopic (exact) mass is 258 g/mol. The van der Waals surface area contributed by atoms with Gasteiger partial charge in [0.05, 0.1) is 12.1 Å². The number of likely N-dealkylation sites (tertiary alicyclic amines) is 1. The van der Waals surface area contributed by atoms with Gasteiger partial charge in [-0.3, -0.25) is 0 Å². The number of hydrogen-bond acceptors (Lipinski definition) is 3. The van der Waals surface area contributed by atoms with Crippen molar-refractivity contribution in [2.45, 2.75) is 45.8 Å². The molecule has 18 heavy (non-hydrogen) atoms. The molecule has 1 heterocycles. The SMILES string of the molecule is CC1(O)CCN(C(=O)NC(C(=O)O)C(C)(C)C)C1. The van der Waals surface area contributed by atoms with E-state index in [1.807, 2.05) is 0 Å². The van der Waals surface area contributed by atoms with Crippen LogP contribution < -0.4 is 5.32 Å². The molecule has 6 nitrogen and oxygen atoms in total. The van der Waals surface area contributed by atoms with Crippen LogP contribution in [0, 0.1) is 5.41 Å². The average molecular weight is 258 g/mol. The predicted molar refractivity (Wildman–Crippen MR) is 66.2 cm³/mol. The van der Waals surface area contributed by atoms with Gasteiger partial charge in [0.1, 0.15) is 6.04 Å². The molecule has 0 saturated carbocycles. The van der Waals surface area contributed by atoms with Gasteiger partial charge < -0.3 is 20.4 Å². The van der Waals surface area contributed by atoms with E-state index in [0.717, 1.165) is 0 Å². The molecular weight excluding hydrogens is 236 g/mol. The van der Waals surface area contributed by atoms with Crippen molar-refractivity contribution in [1.82, 2.24) is 10.2 Å². The summed E-state index contributed by atoms with van der Waals surface area (Å²) in [4.78, 5) is 24.5. The number of nitrogens with one attached hydrogen (secondary N) is 1. The van der Waals surface area contributed by atoms with Gasteiger partial charge in [0.15, 0.2) is 0 Å². The molecule has 1 fully saturated rings. The molecular formula is C12H22N2O4. The van der Waals surface area contributed by atoms with Crippen LogP contribution in [0.15, 0.2) is 0 Å². The fourth-order valence-electron chi connectivity index (χ4n) is 1.98. The number of carboxylic acids is 1. The molecule has 0 aliphatic carbocycles. The first-order valence-electron chi connectivity index (χ1n) is 6.03. The predicted octanol–water partition coefficient (Wildman–Crippen LogP) is 0.652. The van der Waals surface area contributed by atoms with Gasteiger partial charge in [-0.05, 0) is 18.8 Å². The Bertz CT molecular complexity index is 346. The van der Waals surface area contributed by atoms with Gasteiger partial charge in [0.25, 0.3) is 0 Å². The summed E-state index contributed by atoms with van der Waals surface area (Å²) in [6.07, 6.45) is 0.508. The van der Waals surface area contributed by atoms with Gasteiger partial charge in [-0.1, -0.05) is 20.8 Å². The lowest BCUT2D eigenvalue weighted by atomic mass is 9.87. The lowest BCUT2D eigenvalue weighted by Crippen LogP contribution is -2.53. The molecule has 2 unspecified atom stereocenters. The minimum atomic E-state index is -1.05. The van der Waals surface area contributed by atoms with Crippen molar-refractivity contribution in [2.24, 2.45) is 5.41 Å². The van der Waals surface area contributed by atoms with E-state index in [0.29, 0.717) is 13.0 Å². The summed E-state index contributed by atoms with van der Waals surface area (Å²) in [6.45, 7) is 7.61. The van der Waals surface area contributed by atoms with Crippen LogP contribution in [0.25, 0.3) is 0 Å². The number of aliphatic hydroxyl groups is 1. The van der Waals surface area contributed by atoms with Gasteiger partial charge in [0, 0.05) is 6.54 Å². The molecule has 104 valence electrons. The zero-order valence-electron chi connectivity index (χ0n) is 11.4. The van der Waals surface area contributed by atoms with Crippen LogP contribution in [-0.4, -0.2) is 51.8 Å². The minimum Gasteiger partial charge on any atom is -0.480 e. The number of aliphatic carboxylic acids is 1. The first-order chi connectivity index (χ1) is 8.03. The molecule has 2 amide bonds.